The largest absolute Gasteiger partial charge is 0.465 e. The van der Waals surface area contributed by atoms with Gasteiger partial charge in [0.05, 0.1) is 12.7 Å². The van der Waals surface area contributed by atoms with Crippen LogP contribution in [0.4, 0.5) is 4.79 Å². The van der Waals surface area contributed by atoms with Gasteiger partial charge in [0.25, 0.3) is 0 Å². The van der Waals surface area contributed by atoms with E-state index in [0.29, 0.717) is 18.6 Å². The van der Waals surface area contributed by atoms with Crippen molar-refractivity contribution in [2.75, 3.05) is 39.4 Å². The predicted molar refractivity (Wildman–Crippen MR) is 81.5 cm³/mol. The highest BCUT2D eigenvalue weighted by Gasteiger charge is 2.21. The van der Waals surface area contributed by atoms with Crippen molar-refractivity contribution in [1.29, 1.82) is 0 Å². The third kappa shape index (κ3) is 8.24. The molecule has 0 spiro atoms. The van der Waals surface area contributed by atoms with Crippen LogP contribution < -0.4 is 5.32 Å². The number of nitrogens with zero attached hydrogens (tertiary/aromatic N) is 1. The molecule has 1 aliphatic rings. The standard InChI is InChI=1S/C15H30N2O4/c1-2-17(9-10-18)8-3-11-21-14-6-4-13(5-7-14)12-16-15(19)20/h13-14,16,18H,2-12H2,1H3,(H,19,20). The van der Waals surface area contributed by atoms with E-state index < -0.39 is 6.09 Å². The number of hydrogen-bond acceptors (Lipinski definition) is 4. The minimum atomic E-state index is -0.934. The molecule has 0 radical (unpaired) electrons. The third-order valence-corrected chi connectivity index (χ3v) is 4.17. The number of carbonyl (C=O) groups is 1. The lowest BCUT2D eigenvalue weighted by Crippen LogP contribution is -2.32. The zero-order valence-corrected chi connectivity index (χ0v) is 13.1. The summed E-state index contributed by atoms with van der Waals surface area (Å²) in [6.45, 7) is 6.31. The maximum atomic E-state index is 10.5. The number of amides is 1. The van der Waals surface area contributed by atoms with E-state index in [1.54, 1.807) is 0 Å². The Hall–Kier alpha value is -0.850. The number of likely N-dealkylation sites (N-methyl/N-ethyl adjacent to an activating group) is 1. The average Bonchev–Trinajstić information content (AvgIpc) is 2.49. The number of ether oxygens (including phenoxy) is 1. The van der Waals surface area contributed by atoms with Crippen molar-refractivity contribution in [3.63, 3.8) is 0 Å². The van der Waals surface area contributed by atoms with Crippen LogP contribution in [0.1, 0.15) is 39.0 Å². The van der Waals surface area contributed by atoms with Crippen LogP contribution in [0, 0.1) is 5.92 Å². The lowest BCUT2D eigenvalue weighted by molar-refractivity contribution is 0.0136. The maximum Gasteiger partial charge on any atom is 0.404 e. The highest BCUT2D eigenvalue weighted by molar-refractivity contribution is 5.64. The molecule has 21 heavy (non-hydrogen) atoms. The van der Waals surface area contributed by atoms with Crippen LogP contribution >= 0.6 is 0 Å². The van der Waals surface area contributed by atoms with E-state index in [1.807, 2.05) is 0 Å². The second kappa shape index (κ2) is 10.8. The number of carboxylic acid groups (broad SMARTS) is 1. The summed E-state index contributed by atoms with van der Waals surface area (Å²) < 4.78 is 5.90. The maximum absolute atomic E-state index is 10.5. The van der Waals surface area contributed by atoms with Crippen LogP contribution in [0.2, 0.25) is 0 Å². The quantitative estimate of drug-likeness (QED) is 0.533. The van der Waals surface area contributed by atoms with E-state index in [0.717, 1.165) is 58.3 Å². The summed E-state index contributed by atoms with van der Waals surface area (Å²) in [6.07, 6.45) is 4.53. The lowest BCUT2D eigenvalue weighted by atomic mass is 9.87. The van der Waals surface area contributed by atoms with E-state index in [1.165, 1.54) is 0 Å². The van der Waals surface area contributed by atoms with Gasteiger partial charge in [0, 0.05) is 26.2 Å². The van der Waals surface area contributed by atoms with Crippen molar-refractivity contribution >= 4 is 6.09 Å². The highest BCUT2D eigenvalue weighted by Crippen LogP contribution is 2.25. The molecule has 0 heterocycles. The molecular formula is C15H30N2O4. The number of aliphatic hydroxyl groups excluding tert-OH is 1. The Bertz CT molecular complexity index is 281. The van der Waals surface area contributed by atoms with Gasteiger partial charge in [-0.25, -0.2) is 4.79 Å². The Balaban J connectivity index is 2.03. The van der Waals surface area contributed by atoms with Gasteiger partial charge >= 0.3 is 6.09 Å². The summed E-state index contributed by atoms with van der Waals surface area (Å²) in [5.74, 6) is 0.459. The third-order valence-electron chi connectivity index (χ3n) is 4.17. The summed E-state index contributed by atoms with van der Waals surface area (Å²) in [4.78, 5) is 12.7. The highest BCUT2D eigenvalue weighted by atomic mass is 16.5. The molecule has 3 N–H and O–H groups in total. The van der Waals surface area contributed by atoms with Crippen molar-refractivity contribution in [3.05, 3.63) is 0 Å². The van der Waals surface area contributed by atoms with Crippen molar-refractivity contribution in [2.24, 2.45) is 5.92 Å². The molecule has 0 unspecified atom stereocenters. The Morgan fingerprint density at radius 1 is 1.29 bits per heavy atom. The fraction of sp³-hybridized carbons (Fsp3) is 0.933. The Kier molecular flexibility index (Phi) is 9.37. The Labute approximate surface area is 127 Å². The van der Waals surface area contributed by atoms with Crippen LogP contribution in [-0.2, 0) is 4.74 Å². The summed E-state index contributed by atoms with van der Waals surface area (Å²) in [7, 11) is 0. The fourth-order valence-electron chi connectivity index (χ4n) is 2.84. The summed E-state index contributed by atoms with van der Waals surface area (Å²) in [5, 5.41) is 20.0. The minimum Gasteiger partial charge on any atom is -0.465 e. The van der Waals surface area contributed by atoms with Gasteiger partial charge in [0.2, 0.25) is 0 Å². The molecule has 1 aliphatic carbocycles. The topological polar surface area (TPSA) is 82.0 Å². The van der Waals surface area contributed by atoms with Gasteiger partial charge in [-0.3, -0.25) is 0 Å². The zero-order chi connectivity index (χ0) is 15.5. The summed E-state index contributed by atoms with van der Waals surface area (Å²) in [6, 6.07) is 0. The number of aliphatic hydroxyl groups is 1. The van der Waals surface area contributed by atoms with Gasteiger partial charge in [0.1, 0.15) is 0 Å². The van der Waals surface area contributed by atoms with Crippen LogP contribution in [0.25, 0.3) is 0 Å². The first kappa shape index (κ1) is 18.2. The van der Waals surface area contributed by atoms with E-state index in [4.69, 9.17) is 14.9 Å². The van der Waals surface area contributed by atoms with Gasteiger partial charge < -0.3 is 25.2 Å². The second-order valence-corrected chi connectivity index (χ2v) is 5.71. The van der Waals surface area contributed by atoms with Gasteiger partial charge in [-0.2, -0.15) is 0 Å². The number of rotatable bonds is 10. The molecular weight excluding hydrogens is 272 g/mol. The van der Waals surface area contributed by atoms with E-state index in [2.05, 4.69) is 17.1 Å². The zero-order valence-electron chi connectivity index (χ0n) is 13.1. The van der Waals surface area contributed by atoms with Crippen LogP contribution in [0.5, 0.6) is 0 Å². The summed E-state index contributed by atoms with van der Waals surface area (Å²) in [5.41, 5.74) is 0. The van der Waals surface area contributed by atoms with E-state index in [9.17, 15) is 4.79 Å². The first-order valence-electron chi connectivity index (χ1n) is 8.07. The van der Waals surface area contributed by atoms with Crippen molar-refractivity contribution in [2.45, 2.75) is 45.1 Å². The molecule has 0 saturated heterocycles. The van der Waals surface area contributed by atoms with Crippen molar-refractivity contribution < 1.29 is 19.7 Å². The molecule has 6 heteroatoms. The fourth-order valence-corrected chi connectivity index (χ4v) is 2.84. The molecule has 1 fully saturated rings. The van der Waals surface area contributed by atoms with Gasteiger partial charge in [-0.1, -0.05) is 6.92 Å². The van der Waals surface area contributed by atoms with E-state index >= 15 is 0 Å². The average molecular weight is 302 g/mol. The molecule has 0 aromatic heterocycles. The summed E-state index contributed by atoms with van der Waals surface area (Å²) >= 11 is 0. The van der Waals surface area contributed by atoms with E-state index in [-0.39, 0.29) is 6.61 Å². The normalized spacial score (nSPS) is 22.4. The van der Waals surface area contributed by atoms with Crippen molar-refractivity contribution in [1.82, 2.24) is 10.2 Å². The molecule has 0 aliphatic heterocycles. The number of hydrogen-bond donors (Lipinski definition) is 3. The second-order valence-electron chi connectivity index (χ2n) is 5.71. The first-order valence-corrected chi connectivity index (χ1v) is 8.07. The van der Waals surface area contributed by atoms with Crippen LogP contribution in [0.15, 0.2) is 0 Å². The van der Waals surface area contributed by atoms with Crippen LogP contribution in [-0.4, -0.2) is 66.7 Å². The number of nitrogens with one attached hydrogen (secondary N) is 1. The molecule has 1 rings (SSSR count). The van der Waals surface area contributed by atoms with Gasteiger partial charge in [-0.15, -0.1) is 0 Å². The van der Waals surface area contributed by atoms with Crippen LogP contribution in [0.3, 0.4) is 0 Å². The van der Waals surface area contributed by atoms with Gasteiger partial charge in [-0.05, 0) is 44.6 Å². The molecule has 6 nitrogen and oxygen atoms in total. The Morgan fingerprint density at radius 2 is 2.00 bits per heavy atom. The molecule has 0 bridgehead atoms. The SMILES string of the molecule is CCN(CCO)CCCOC1CCC(CNC(=O)O)CC1. The minimum absolute atomic E-state index is 0.211. The predicted octanol–water partition coefficient (Wildman–Crippen LogP) is 1.53. The molecule has 0 atom stereocenters. The first-order chi connectivity index (χ1) is 10.2. The smallest absolute Gasteiger partial charge is 0.404 e. The monoisotopic (exact) mass is 302 g/mol. The molecule has 1 amide bonds. The van der Waals surface area contributed by atoms with Crippen molar-refractivity contribution in [3.8, 4) is 0 Å². The molecule has 1 saturated carbocycles. The lowest BCUT2D eigenvalue weighted by Gasteiger charge is -2.28. The molecule has 0 aromatic carbocycles. The molecule has 124 valence electrons. The van der Waals surface area contributed by atoms with Gasteiger partial charge in [0.15, 0.2) is 0 Å². The molecule has 0 aromatic rings. The Morgan fingerprint density at radius 3 is 2.57 bits per heavy atom.